The monoisotopic (exact) mass is 398 g/mol. The van der Waals surface area contributed by atoms with Crippen LogP contribution in [0.1, 0.15) is 30.0 Å². The molecular formula is C20H19CaFO3S. The summed E-state index contributed by atoms with van der Waals surface area (Å²) in [6.45, 7) is 1.86. The van der Waals surface area contributed by atoms with Gasteiger partial charge in [0.15, 0.2) is 4.90 Å². The number of fused-ring (bicyclic) bond motifs is 1. The molecule has 0 unspecified atom stereocenters. The summed E-state index contributed by atoms with van der Waals surface area (Å²) in [5.41, 5.74) is 4.74. The Kier molecular flexibility index (Phi) is 7.11. The van der Waals surface area contributed by atoms with E-state index in [1.807, 2.05) is 25.1 Å². The molecule has 0 radical (unpaired) electrons. The van der Waals surface area contributed by atoms with Gasteiger partial charge in [-0.1, -0.05) is 6.07 Å². The van der Waals surface area contributed by atoms with Crippen LogP contribution >= 0.6 is 0 Å². The fraction of sp³-hybridized carbons (Fsp3) is 0.150. The van der Waals surface area contributed by atoms with Gasteiger partial charge >= 0.3 is 43.7 Å². The van der Waals surface area contributed by atoms with Gasteiger partial charge in [-0.2, -0.15) is 0 Å². The van der Waals surface area contributed by atoms with Crippen molar-refractivity contribution < 1.29 is 18.8 Å². The Bertz CT molecular complexity index is 902. The number of benzene rings is 2. The molecule has 0 heterocycles. The predicted molar refractivity (Wildman–Crippen MR) is 106 cm³/mol. The third kappa shape index (κ3) is 4.41. The van der Waals surface area contributed by atoms with Crippen LogP contribution in [0, 0.1) is 5.82 Å². The Balaban J connectivity index is 0.00000243. The third-order valence-corrected chi connectivity index (χ3v) is 5.24. The number of carboxylic acid groups (broad SMARTS) is 1. The van der Waals surface area contributed by atoms with Crippen LogP contribution in [0.4, 0.5) is 4.39 Å². The quantitative estimate of drug-likeness (QED) is 0.634. The van der Waals surface area contributed by atoms with Gasteiger partial charge in [0, 0.05) is 0 Å². The van der Waals surface area contributed by atoms with Crippen molar-refractivity contribution in [3.05, 3.63) is 70.5 Å². The van der Waals surface area contributed by atoms with E-state index in [-0.39, 0.29) is 50.0 Å². The van der Waals surface area contributed by atoms with Crippen molar-refractivity contribution in [1.29, 1.82) is 0 Å². The molecule has 0 saturated carbocycles. The van der Waals surface area contributed by atoms with Crippen molar-refractivity contribution in [2.45, 2.75) is 18.2 Å². The maximum atomic E-state index is 13.7. The minimum absolute atomic E-state index is 0. The summed E-state index contributed by atoms with van der Waals surface area (Å²) >= 11 is -1.04. The van der Waals surface area contributed by atoms with Crippen molar-refractivity contribution in [3.8, 4) is 0 Å². The van der Waals surface area contributed by atoms with Crippen molar-refractivity contribution in [2.75, 3.05) is 6.26 Å². The summed E-state index contributed by atoms with van der Waals surface area (Å²) in [7, 11) is 0. The zero-order valence-electron chi connectivity index (χ0n) is 13.9. The molecule has 3 rings (SSSR count). The van der Waals surface area contributed by atoms with E-state index in [2.05, 4.69) is 0 Å². The molecule has 1 aliphatic carbocycles. The zero-order valence-corrected chi connectivity index (χ0v) is 14.7. The average Bonchev–Trinajstić information content (AvgIpc) is 2.80. The number of rotatable bonds is 4. The molecule has 1 aliphatic rings. The standard InChI is InChI=1S/C20H17FO3S.Ca.2H/c1-12-17(9-13-3-6-15(7-4-13)25(2)24)16-8-5-14(21)10-19(16)18(12)11-20(22)23;;;/h3-10H,11H2,1-2H3,(H,22,23);;;/t25-;;;/m0.../s1. The molecule has 1 N–H and O–H groups in total. The zero-order chi connectivity index (χ0) is 18.1. The van der Waals surface area contributed by atoms with Crippen LogP contribution in [0.25, 0.3) is 17.2 Å². The average molecular weight is 399 g/mol. The molecule has 0 saturated heterocycles. The van der Waals surface area contributed by atoms with Gasteiger partial charge in [0.25, 0.3) is 0 Å². The van der Waals surface area contributed by atoms with E-state index in [0.29, 0.717) is 11.1 Å². The summed E-state index contributed by atoms with van der Waals surface area (Å²) in [6.07, 6.45) is 3.43. The summed E-state index contributed by atoms with van der Waals surface area (Å²) in [6, 6.07) is 11.8. The van der Waals surface area contributed by atoms with E-state index >= 15 is 0 Å². The van der Waals surface area contributed by atoms with E-state index in [9.17, 15) is 13.7 Å². The molecule has 0 spiro atoms. The van der Waals surface area contributed by atoms with Crippen LogP contribution in [0.2, 0.25) is 0 Å². The van der Waals surface area contributed by atoms with E-state index in [4.69, 9.17) is 5.11 Å². The fourth-order valence-electron chi connectivity index (χ4n) is 3.05. The first kappa shape index (κ1) is 21.2. The summed E-state index contributed by atoms with van der Waals surface area (Å²) in [5.74, 6) is -1.33. The number of allylic oxidation sites excluding steroid dienone is 2. The van der Waals surface area contributed by atoms with E-state index in [0.717, 1.165) is 27.2 Å². The molecule has 6 heteroatoms. The predicted octanol–water partition coefficient (Wildman–Crippen LogP) is 3.45. The molecule has 0 aromatic heterocycles. The molecule has 1 atom stereocenters. The second-order valence-corrected chi connectivity index (χ2v) is 7.32. The van der Waals surface area contributed by atoms with Gasteiger partial charge in [-0.05, 0) is 94.0 Å². The molecule has 3 nitrogen and oxygen atoms in total. The van der Waals surface area contributed by atoms with Crippen LogP contribution in [-0.4, -0.2) is 59.6 Å². The molecule has 0 bridgehead atoms. The molecule has 0 fully saturated rings. The van der Waals surface area contributed by atoms with Crippen LogP contribution < -0.4 is 0 Å². The Hall–Kier alpha value is -1.11. The van der Waals surface area contributed by atoms with Gasteiger partial charge in [0.05, 0.1) is 6.42 Å². The SMILES string of the molecule is CC1=C(CC(=O)O)c2cc(F)ccc2C1=Cc1ccc([S@+](C)[O-])cc1.[CaH2]. The van der Waals surface area contributed by atoms with Gasteiger partial charge in [0.2, 0.25) is 0 Å². The van der Waals surface area contributed by atoms with E-state index < -0.39 is 17.1 Å². The minimum atomic E-state index is -1.04. The molecule has 132 valence electrons. The van der Waals surface area contributed by atoms with Crippen molar-refractivity contribution in [2.24, 2.45) is 0 Å². The van der Waals surface area contributed by atoms with E-state index in [1.165, 1.54) is 12.1 Å². The Morgan fingerprint density at radius 2 is 1.85 bits per heavy atom. The number of halogens is 1. The van der Waals surface area contributed by atoms with Gasteiger partial charge in [-0.3, -0.25) is 4.79 Å². The topological polar surface area (TPSA) is 60.4 Å². The maximum absolute atomic E-state index is 13.7. The van der Waals surface area contributed by atoms with Crippen molar-refractivity contribution in [1.82, 2.24) is 0 Å². The first-order valence-electron chi connectivity index (χ1n) is 7.74. The Labute approximate surface area is 184 Å². The first-order chi connectivity index (χ1) is 11.9. The summed E-state index contributed by atoms with van der Waals surface area (Å²) in [4.78, 5) is 11.9. The molecule has 2 aromatic carbocycles. The summed E-state index contributed by atoms with van der Waals surface area (Å²) in [5, 5.41) is 9.17. The van der Waals surface area contributed by atoms with Crippen LogP contribution in [0.5, 0.6) is 0 Å². The second-order valence-electron chi connectivity index (χ2n) is 5.95. The van der Waals surface area contributed by atoms with Crippen molar-refractivity contribution >= 4 is 72.1 Å². The Morgan fingerprint density at radius 3 is 2.42 bits per heavy atom. The third-order valence-electron chi connectivity index (χ3n) is 4.30. The number of aliphatic carboxylic acids is 1. The molecule has 2 aromatic rings. The van der Waals surface area contributed by atoms with Crippen LogP contribution in [0.15, 0.2) is 52.9 Å². The second kappa shape index (κ2) is 8.72. The Morgan fingerprint density at radius 1 is 1.19 bits per heavy atom. The fourth-order valence-corrected chi connectivity index (χ4v) is 3.57. The molecule has 26 heavy (non-hydrogen) atoms. The number of carboxylic acids is 1. The van der Waals surface area contributed by atoms with Gasteiger partial charge in [-0.25, -0.2) is 4.39 Å². The summed E-state index contributed by atoms with van der Waals surface area (Å²) < 4.78 is 25.1. The van der Waals surface area contributed by atoms with Crippen LogP contribution in [-0.2, 0) is 16.0 Å². The number of carbonyl (C=O) groups is 1. The normalized spacial score (nSPS) is 15.6. The van der Waals surface area contributed by atoms with Crippen LogP contribution in [0.3, 0.4) is 0 Å². The molecule has 0 aliphatic heterocycles. The van der Waals surface area contributed by atoms with E-state index in [1.54, 1.807) is 24.5 Å². The molecule has 0 amide bonds. The van der Waals surface area contributed by atoms with Gasteiger partial charge in [0.1, 0.15) is 12.1 Å². The van der Waals surface area contributed by atoms with Crippen molar-refractivity contribution in [3.63, 3.8) is 0 Å². The number of hydrogen-bond acceptors (Lipinski definition) is 2. The van der Waals surface area contributed by atoms with Gasteiger partial charge in [-0.15, -0.1) is 0 Å². The molecular weight excluding hydrogens is 379 g/mol. The number of hydrogen-bond donors (Lipinski definition) is 1. The van der Waals surface area contributed by atoms with Gasteiger partial charge < -0.3 is 9.66 Å². The first-order valence-corrected chi connectivity index (χ1v) is 9.30.